The van der Waals surface area contributed by atoms with E-state index in [0.29, 0.717) is 17.7 Å². The van der Waals surface area contributed by atoms with E-state index in [1.165, 1.54) is 37.4 Å². The van der Waals surface area contributed by atoms with Crippen molar-refractivity contribution in [3.8, 4) is 0 Å². The Balaban J connectivity index is 1.64. The molecule has 0 atom stereocenters. The summed E-state index contributed by atoms with van der Waals surface area (Å²) in [6.45, 7) is 5.65. The molecule has 2 fully saturated rings. The first-order valence-corrected chi connectivity index (χ1v) is 8.22. The molecule has 0 saturated heterocycles. The van der Waals surface area contributed by atoms with Gasteiger partial charge in [-0.25, -0.2) is 0 Å². The third kappa shape index (κ3) is 3.34. The molecule has 0 radical (unpaired) electrons. The lowest BCUT2D eigenvalue weighted by atomic mass is 10.2. The van der Waals surface area contributed by atoms with Crippen molar-refractivity contribution in [1.29, 1.82) is 0 Å². The van der Waals surface area contributed by atoms with Gasteiger partial charge in [-0.1, -0.05) is 11.8 Å². The van der Waals surface area contributed by atoms with Crippen LogP contribution in [0.2, 0.25) is 0 Å². The van der Waals surface area contributed by atoms with Gasteiger partial charge in [0.1, 0.15) is 11.4 Å². The summed E-state index contributed by atoms with van der Waals surface area (Å²) in [6.07, 6.45) is 4.86. The standard InChI is InChI=1S/C14H21N3O2S/c1-14(2,3)19-11(18)8-20-13-16-15-12(9-4-5-9)17(13)10-6-7-10/h9-10H,4-8H2,1-3H3. The molecule has 1 aromatic rings. The molecule has 0 bridgehead atoms. The molecule has 2 saturated carbocycles. The summed E-state index contributed by atoms with van der Waals surface area (Å²) < 4.78 is 7.58. The Morgan fingerprint density at radius 3 is 2.55 bits per heavy atom. The number of rotatable bonds is 5. The summed E-state index contributed by atoms with van der Waals surface area (Å²) in [4.78, 5) is 11.8. The summed E-state index contributed by atoms with van der Waals surface area (Å²) in [6, 6.07) is 0.557. The average Bonchev–Trinajstić information content (AvgIpc) is 3.23. The Morgan fingerprint density at radius 2 is 2.00 bits per heavy atom. The lowest BCUT2D eigenvalue weighted by Gasteiger charge is -2.19. The molecular weight excluding hydrogens is 274 g/mol. The number of nitrogens with zero attached hydrogens (tertiary/aromatic N) is 3. The van der Waals surface area contributed by atoms with Crippen LogP contribution in [0.5, 0.6) is 0 Å². The monoisotopic (exact) mass is 295 g/mol. The molecule has 2 aliphatic carbocycles. The fourth-order valence-electron chi connectivity index (χ4n) is 2.18. The van der Waals surface area contributed by atoms with Crippen LogP contribution in [0.3, 0.4) is 0 Å². The van der Waals surface area contributed by atoms with Gasteiger partial charge in [0, 0.05) is 12.0 Å². The lowest BCUT2D eigenvalue weighted by Crippen LogP contribution is -2.25. The van der Waals surface area contributed by atoms with Crippen molar-refractivity contribution in [2.24, 2.45) is 0 Å². The summed E-state index contributed by atoms with van der Waals surface area (Å²) in [5.41, 5.74) is -0.430. The van der Waals surface area contributed by atoms with Gasteiger partial charge in [-0.2, -0.15) is 0 Å². The minimum absolute atomic E-state index is 0.194. The normalized spacial score (nSPS) is 19.1. The van der Waals surface area contributed by atoms with Gasteiger partial charge in [-0.3, -0.25) is 4.79 Å². The highest BCUT2D eigenvalue weighted by Gasteiger charge is 2.36. The second-order valence-corrected chi connectivity index (χ2v) is 7.53. The highest BCUT2D eigenvalue weighted by Crippen LogP contribution is 2.45. The quantitative estimate of drug-likeness (QED) is 0.617. The Bertz CT molecular complexity index is 513. The molecule has 20 heavy (non-hydrogen) atoms. The minimum Gasteiger partial charge on any atom is -0.459 e. The molecule has 0 spiro atoms. The van der Waals surface area contributed by atoms with Crippen LogP contribution in [0.4, 0.5) is 0 Å². The Hall–Kier alpha value is -1.04. The van der Waals surface area contributed by atoms with Crippen molar-refractivity contribution < 1.29 is 9.53 Å². The van der Waals surface area contributed by atoms with Gasteiger partial charge in [0.2, 0.25) is 0 Å². The van der Waals surface area contributed by atoms with Crippen LogP contribution in [-0.2, 0) is 9.53 Å². The zero-order valence-electron chi connectivity index (χ0n) is 12.3. The second kappa shape index (κ2) is 5.06. The van der Waals surface area contributed by atoms with Crippen LogP contribution in [0.15, 0.2) is 5.16 Å². The van der Waals surface area contributed by atoms with E-state index in [1.54, 1.807) is 0 Å². The van der Waals surface area contributed by atoms with Crippen molar-refractivity contribution in [3.05, 3.63) is 5.82 Å². The highest BCUT2D eigenvalue weighted by molar-refractivity contribution is 7.99. The fourth-order valence-corrected chi connectivity index (χ4v) is 2.96. The summed E-state index contributed by atoms with van der Waals surface area (Å²) in [5, 5.41) is 9.48. The predicted octanol–water partition coefficient (Wildman–Crippen LogP) is 2.92. The van der Waals surface area contributed by atoms with Crippen molar-refractivity contribution in [2.45, 2.75) is 69.2 Å². The minimum atomic E-state index is -0.430. The van der Waals surface area contributed by atoms with Crippen LogP contribution in [0, 0.1) is 0 Å². The van der Waals surface area contributed by atoms with E-state index < -0.39 is 5.60 Å². The van der Waals surface area contributed by atoms with Gasteiger partial charge < -0.3 is 9.30 Å². The fraction of sp³-hybridized carbons (Fsp3) is 0.786. The third-order valence-corrected chi connectivity index (χ3v) is 4.20. The maximum Gasteiger partial charge on any atom is 0.316 e. The van der Waals surface area contributed by atoms with Crippen LogP contribution in [0.25, 0.3) is 0 Å². The van der Waals surface area contributed by atoms with Gasteiger partial charge in [-0.15, -0.1) is 10.2 Å². The molecule has 0 aliphatic heterocycles. The molecule has 110 valence electrons. The molecule has 0 aromatic carbocycles. The number of aromatic nitrogens is 3. The van der Waals surface area contributed by atoms with Crippen LogP contribution >= 0.6 is 11.8 Å². The third-order valence-electron chi connectivity index (χ3n) is 3.28. The van der Waals surface area contributed by atoms with Gasteiger partial charge >= 0.3 is 5.97 Å². The van der Waals surface area contributed by atoms with Crippen LogP contribution < -0.4 is 0 Å². The molecular formula is C14H21N3O2S. The molecule has 0 N–H and O–H groups in total. The molecule has 0 unspecified atom stereocenters. The van der Waals surface area contributed by atoms with E-state index in [0.717, 1.165) is 11.0 Å². The SMILES string of the molecule is CC(C)(C)OC(=O)CSc1nnc(C2CC2)n1C1CC1. The largest absolute Gasteiger partial charge is 0.459 e. The van der Waals surface area contributed by atoms with E-state index in [2.05, 4.69) is 14.8 Å². The van der Waals surface area contributed by atoms with Crippen LogP contribution in [-0.4, -0.2) is 32.1 Å². The average molecular weight is 295 g/mol. The van der Waals surface area contributed by atoms with E-state index in [4.69, 9.17) is 4.74 Å². The Morgan fingerprint density at radius 1 is 1.30 bits per heavy atom. The van der Waals surface area contributed by atoms with E-state index in [9.17, 15) is 4.79 Å². The molecule has 5 nitrogen and oxygen atoms in total. The summed E-state index contributed by atoms with van der Waals surface area (Å²) in [7, 11) is 0. The van der Waals surface area contributed by atoms with E-state index >= 15 is 0 Å². The van der Waals surface area contributed by atoms with Crippen LogP contribution in [0.1, 0.15) is 64.2 Å². The number of esters is 1. The van der Waals surface area contributed by atoms with Gasteiger partial charge in [0.25, 0.3) is 0 Å². The maximum atomic E-state index is 11.8. The van der Waals surface area contributed by atoms with E-state index in [1.807, 2.05) is 20.8 Å². The number of hydrogen-bond donors (Lipinski definition) is 0. The maximum absolute atomic E-state index is 11.8. The smallest absolute Gasteiger partial charge is 0.316 e. The zero-order chi connectivity index (χ0) is 14.3. The highest BCUT2D eigenvalue weighted by atomic mass is 32.2. The number of ether oxygens (including phenoxy) is 1. The van der Waals surface area contributed by atoms with Crippen molar-refractivity contribution >= 4 is 17.7 Å². The zero-order valence-corrected chi connectivity index (χ0v) is 13.1. The molecule has 3 rings (SSSR count). The Kier molecular flexibility index (Phi) is 3.52. The van der Waals surface area contributed by atoms with Crippen molar-refractivity contribution in [2.75, 3.05) is 5.75 Å². The van der Waals surface area contributed by atoms with Gasteiger partial charge in [0.15, 0.2) is 5.16 Å². The number of carbonyl (C=O) groups excluding carboxylic acids is 1. The van der Waals surface area contributed by atoms with Crippen molar-refractivity contribution in [3.63, 3.8) is 0 Å². The van der Waals surface area contributed by atoms with Crippen molar-refractivity contribution in [1.82, 2.24) is 14.8 Å². The number of hydrogen-bond acceptors (Lipinski definition) is 5. The predicted molar refractivity (Wildman–Crippen MR) is 76.8 cm³/mol. The topological polar surface area (TPSA) is 57.0 Å². The molecule has 1 aromatic heterocycles. The lowest BCUT2D eigenvalue weighted by molar-refractivity contribution is -0.151. The first-order chi connectivity index (χ1) is 9.44. The first kappa shape index (κ1) is 13.9. The van der Waals surface area contributed by atoms with E-state index in [-0.39, 0.29) is 5.97 Å². The number of carbonyl (C=O) groups is 1. The summed E-state index contributed by atoms with van der Waals surface area (Å²) >= 11 is 1.44. The summed E-state index contributed by atoms with van der Waals surface area (Å²) in [5.74, 6) is 1.83. The van der Waals surface area contributed by atoms with Gasteiger partial charge in [-0.05, 0) is 46.5 Å². The number of thioether (sulfide) groups is 1. The molecule has 2 aliphatic rings. The molecule has 0 amide bonds. The first-order valence-electron chi connectivity index (χ1n) is 7.23. The Labute approximate surface area is 123 Å². The second-order valence-electron chi connectivity index (χ2n) is 6.59. The molecule has 6 heteroatoms. The molecule has 1 heterocycles. The van der Waals surface area contributed by atoms with Gasteiger partial charge in [0.05, 0.1) is 5.75 Å².